The van der Waals surface area contributed by atoms with Crippen molar-refractivity contribution in [3.8, 4) is 6.07 Å². The number of hydrogen-bond donors (Lipinski definition) is 1. The number of benzene rings is 1. The molecule has 0 fully saturated rings. The van der Waals surface area contributed by atoms with Gasteiger partial charge in [-0.25, -0.2) is 4.79 Å². The molecule has 1 aromatic carbocycles. The third-order valence-electron chi connectivity index (χ3n) is 3.01. The van der Waals surface area contributed by atoms with E-state index in [-0.39, 0.29) is 22.3 Å². The normalized spacial score (nSPS) is 10.7. The number of hydrogen-bond acceptors (Lipinski definition) is 5. The van der Waals surface area contributed by atoms with Gasteiger partial charge in [-0.05, 0) is 13.0 Å². The van der Waals surface area contributed by atoms with Gasteiger partial charge in [-0.1, -0.05) is 18.2 Å². The highest BCUT2D eigenvalue weighted by atomic mass is 16.4. The van der Waals surface area contributed by atoms with E-state index in [0.29, 0.717) is 16.4 Å². The molecule has 0 atom stereocenters. The van der Waals surface area contributed by atoms with Gasteiger partial charge < -0.3 is 8.83 Å². The standard InChI is InChI=1S/C14H8N2O3/c1-7-11-12(9(6-15)13(16)18-7)8-4-2-3-5-10(8)19-14(11)17/h2-5,16H,1H3. The van der Waals surface area contributed by atoms with Gasteiger partial charge in [0.2, 0.25) is 5.55 Å². The van der Waals surface area contributed by atoms with Crippen LogP contribution in [0.5, 0.6) is 0 Å². The second-order valence-electron chi connectivity index (χ2n) is 4.11. The molecular weight excluding hydrogens is 244 g/mol. The number of para-hydroxylation sites is 1. The third kappa shape index (κ3) is 1.47. The van der Waals surface area contributed by atoms with Gasteiger partial charge in [-0.3, -0.25) is 5.41 Å². The number of aryl methyl sites for hydroxylation is 1. The molecule has 0 radical (unpaired) electrons. The summed E-state index contributed by atoms with van der Waals surface area (Å²) in [4.78, 5) is 12.0. The lowest BCUT2D eigenvalue weighted by molar-refractivity contribution is 0.460. The molecule has 5 nitrogen and oxygen atoms in total. The van der Waals surface area contributed by atoms with E-state index in [1.165, 1.54) is 0 Å². The van der Waals surface area contributed by atoms with Crippen LogP contribution in [0.4, 0.5) is 0 Å². The molecule has 0 bridgehead atoms. The summed E-state index contributed by atoms with van der Waals surface area (Å²) < 4.78 is 10.3. The number of rotatable bonds is 0. The van der Waals surface area contributed by atoms with Crippen molar-refractivity contribution in [2.24, 2.45) is 0 Å². The van der Waals surface area contributed by atoms with Crippen LogP contribution in [-0.2, 0) is 0 Å². The van der Waals surface area contributed by atoms with Crippen molar-refractivity contribution in [1.82, 2.24) is 0 Å². The van der Waals surface area contributed by atoms with E-state index in [1.54, 1.807) is 31.2 Å². The number of nitrogens with one attached hydrogen (secondary N) is 1. The maximum Gasteiger partial charge on any atom is 0.347 e. The van der Waals surface area contributed by atoms with Gasteiger partial charge in [-0.2, -0.15) is 5.26 Å². The Labute approximate surface area is 106 Å². The molecule has 92 valence electrons. The summed E-state index contributed by atoms with van der Waals surface area (Å²) in [6.07, 6.45) is 0. The van der Waals surface area contributed by atoms with Crippen molar-refractivity contribution in [2.45, 2.75) is 6.92 Å². The average molecular weight is 252 g/mol. The SMILES string of the molecule is Cc1oc(=N)c(C#N)c2c1c(=O)oc1ccccc12. The highest BCUT2D eigenvalue weighted by Gasteiger charge is 2.16. The van der Waals surface area contributed by atoms with Crippen LogP contribution in [-0.4, -0.2) is 0 Å². The summed E-state index contributed by atoms with van der Waals surface area (Å²) in [5.74, 6) is 0.276. The molecule has 19 heavy (non-hydrogen) atoms. The second kappa shape index (κ2) is 3.82. The number of fused-ring (bicyclic) bond motifs is 3. The van der Waals surface area contributed by atoms with Crippen LogP contribution in [0.3, 0.4) is 0 Å². The minimum atomic E-state index is -0.563. The predicted molar refractivity (Wildman–Crippen MR) is 67.6 cm³/mol. The van der Waals surface area contributed by atoms with Crippen LogP contribution in [0.1, 0.15) is 11.3 Å². The van der Waals surface area contributed by atoms with Crippen molar-refractivity contribution in [2.75, 3.05) is 0 Å². The van der Waals surface area contributed by atoms with E-state index >= 15 is 0 Å². The fourth-order valence-electron chi connectivity index (χ4n) is 2.20. The summed E-state index contributed by atoms with van der Waals surface area (Å²) >= 11 is 0. The summed E-state index contributed by atoms with van der Waals surface area (Å²) in [6, 6.07) is 8.85. The van der Waals surface area contributed by atoms with Crippen molar-refractivity contribution in [1.29, 1.82) is 10.7 Å². The first-order chi connectivity index (χ1) is 9.13. The van der Waals surface area contributed by atoms with E-state index in [4.69, 9.17) is 14.2 Å². The molecule has 0 saturated heterocycles. The maximum atomic E-state index is 12.0. The Morgan fingerprint density at radius 2 is 1.95 bits per heavy atom. The third-order valence-corrected chi connectivity index (χ3v) is 3.01. The molecule has 0 aliphatic carbocycles. The van der Waals surface area contributed by atoms with E-state index in [2.05, 4.69) is 0 Å². The summed E-state index contributed by atoms with van der Waals surface area (Å²) in [6.45, 7) is 1.58. The monoisotopic (exact) mass is 252 g/mol. The minimum absolute atomic E-state index is 0.0460. The molecule has 5 heteroatoms. The van der Waals surface area contributed by atoms with E-state index in [1.807, 2.05) is 6.07 Å². The summed E-state index contributed by atoms with van der Waals surface area (Å²) in [7, 11) is 0. The van der Waals surface area contributed by atoms with Crippen molar-refractivity contribution in [3.05, 3.63) is 51.6 Å². The highest BCUT2D eigenvalue weighted by molar-refractivity contribution is 6.07. The molecule has 2 heterocycles. The van der Waals surface area contributed by atoms with Crippen LogP contribution in [0.25, 0.3) is 21.7 Å². The van der Waals surface area contributed by atoms with Gasteiger partial charge in [0.15, 0.2) is 0 Å². The van der Waals surface area contributed by atoms with Crippen LogP contribution in [0.2, 0.25) is 0 Å². The fraction of sp³-hybridized carbons (Fsp3) is 0.0714. The lowest BCUT2D eigenvalue weighted by atomic mass is 10.0. The molecular formula is C14H8N2O3. The van der Waals surface area contributed by atoms with E-state index < -0.39 is 5.63 Å². The lowest BCUT2D eigenvalue weighted by Crippen LogP contribution is -2.11. The zero-order valence-corrected chi connectivity index (χ0v) is 9.98. The van der Waals surface area contributed by atoms with Crippen LogP contribution < -0.4 is 11.2 Å². The molecule has 0 aliphatic heterocycles. The zero-order chi connectivity index (χ0) is 13.6. The Kier molecular flexibility index (Phi) is 2.26. The lowest BCUT2D eigenvalue weighted by Gasteiger charge is -2.05. The van der Waals surface area contributed by atoms with Gasteiger partial charge in [0.25, 0.3) is 0 Å². The summed E-state index contributed by atoms with van der Waals surface area (Å²) in [5.41, 5.74) is -0.374. The Bertz CT molecular complexity index is 974. The van der Waals surface area contributed by atoms with Gasteiger partial charge >= 0.3 is 5.63 Å². The molecule has 0 spiro atoms. The zero-order valence-electron chi connectivity index (χ0n) is 9.98. The fourth-order valence-corrected chi connectivity index (χ4v) is 2.20. The van der Waals surface area contributed by atoms with Gasteiger partial charge in [-0.15, -0.1) is 0 Å². The van der Waals surface area contributed by atoms with Crippen molar-refractivity contribution < 1.29 is 8.83 Å². The Balaban J connectivity index is 2.82. The molecule has 3 rings (SSSR count). The van der Waals surface area contributed by atoms with Crippen molar-refractivity contribution in [3.63, 3.8) is 0 Å². The molecule has 0 aliphatic rings. The molecule has 0 amide bonds. The molecule has 0 unspecified atom stereocenters. The Morgan fingerprint density at radius 1 is 1.21 bits per heavy atom. The number of nitriles is 1. The van der Waals surface area contributed by atoms with Crippen LogP contribution >= 0.6 is 0 Å². The molecule has 1 N–H and O–H groups in total. The van der Waals surface area contributed by atoms with Gasteiger partial charge in [0.1, 0.15) is 28.4 Å². The van der Waals surface area contributed by atoms with Crippen molar-refractivity contribution >= 4 is 21.7 Å². The first kappa shape index (κ1) is 11.2. The molecule has 3 aromatic rings. The predicted octanol–water partition coefficient (Wildman–Crippen LogP) is 2.20. The highest BCUT2D eigenvalue weighted by Crippen LogP contribution is 2.25. The number of nitrogens with zero attached hydrogens (tertiary/aromatic N) is 1. The first-order valence-electron chi connectivity index (χ1n) is 5.57. The van der Waals surface area contributed by atoms with E-state index in [9.17, 15) is 10.1 Å². The average Bonchev–Trinajstić information content (AvgIpc) is 2.38. The van der Waals surface area contributed by atoms with Crippen LogP contribution in [0.15, 0.2) is 37.9 Å². The van der Waals surface area contributed by atoms with Crippen LogP contribution in [0, 0.1) is 23.7 Å². The second-order valence-corrected chi connectivity index (χ2v) is 4.11. The van der Waals surface area contributed by atoms with Gasteiger partial charge in [0, 0.05) is 10.8 Å². The van der Waals surface area contributed by atoms with E-state index in [0.717, 1.165) is 0 Å². The topological polar surface area (TPSA) is 91.0 Å². The smallest absolute Gasteiger partial charge is 0.347 e. The first-order valence-corrected chi connectivity index (χ1v) is 5.57. The Hall–Kier alpha value is -2.87. The minimum Gasteiger partial charge on any atom is -0.442 e. The Morgan fingerprint density at radius 3 is 2.68 bits per heavy atom. The largest absolute Gasteiger partial charge is 0.442 e. The quantitative estimate of drug-likeness (QED) is 0.490. The maximum absolute atomic E-state index is 12.0. The molecule has 2 aromatic heterocycles. The van der Waals surface area contributed by atoms with Gasteiger partial charge in [0.05, 0.1) is 0 Å². The summed E-state index contributed by atoms with van der Waals surface area (Å²) in [5, 5.41) is 18.2. The molecule has 0 saturated carbocycles.